The molecule has 1 N–H and O–H groups in total. The summed E-state index contributed by atoms with van der Waals surface area (Å²) in [4.78, 5) is 15.7. The molecule has 0 saturated heterocycles. The summed E-state index contributed by atoms with van der Waals surface area (Å²) in [6.45, 7) is 0. The number of nitrogens with zero attached hydrogens (tertiary/aromatic N) is 2. The van der Waals surface area contributed by atoms with Gasteiger partial charge in [-0.15, -0.1) is 0 Å². The van der Waals surface area contributed by atoms with Crippen molar-refractivity contribution in [1.82, 2.24) is 4.98 Å². The zero-order chi connectivity index (χ0) is 13.0. The van der Waals surface area contributed by atoms with Crippen molar-refractivity contribution in [2.45, 2.75) is 9.92 Å². The number of pyridine rings is 1. The van der Waals surface area contributed by atoms with Crippen molar-refractivity contribution in [3.05, 3.63) is 53.7 Å². The van der Waals surface area contributed by atoms with Crippen molar-refractivity contribution in [1.29, 1.82) is 5.26 Å². The van der Waals surface area contributed by atoms with Crippen LogP contribution in [-0.2, 0) is 0 Å². The number of carboxylic acid groups (broad SMARTS) is 1. The van der Waals surface area contributed by atoms with E-state index in [2.05, 4.69) is 4.98 Å². The summed E-state index contributed by atoms with van der Waals surface area (Å²) in [5.41, 5.74) is 0.743. The smallest absolute Gasteiger partial charge is 0.335 e. The summed E-state index contributed by atoms with van der Waals surface area (Å²) >= 11 is 1.35. The Morgan fingerprint density at radius 3 is 2.78 bits per heavy atom. The molecule has 4 nitrogen and oxygen atoms in total. The molecule has 2 rings (SSSR count). The van der Waals surface area contributed by atoms with E-state index in [4.69, 9.17) is 10.4 Å². The van der Waals surface area contributed by atoms with Crippen LogP contribution < -0.4 is 0 Å². The minimum absolute atomic E-state index is 0.244. The van der Waals surface area contributed by atoms with Crippen molar-refractivity contribution < 1.29 is 9.90 Å². The Bertz CT molecular complexity index is 618. The molecule has 0 fully saturated rings. The van der Waals surface area contributed by atoms with Gasteiger partial charge in [-0.05, 0) is 30.3 Å². The van der Waals surface area contributed by atoms with Gasteiger partial charge in [-0.1, -0.05) is 17.8 Å². The zero-order valence-electron chi connectivity index (χ0n) is 9.20. The third kappa shape index (κ3) is 2.87. The fourth-order valence-electron chi connectivity index (χ4n) is 1.32. The van der Waals surface area contributed by atoms with Crippen LogP contribution in [-0.4, -0.2) is 16.1 Å². The molecule has 0 saturated carbocycles. The summed E-state index contributed by atoms with van der Waals surface area (Å²) in [6, 6.07) is 12.0. The third-order valence-corrected chi connectivity index (χ3v) is 3.11. The van der Waals surface area contributed by atoms with E-state index in [1.54, 1.807) is 30.3 Å². The molecule has 5 heteroatoms. The lowest BCUT2D eigenvalue weighted by Gasteiger charge is -2.02. The van der Waals surface area contributed by atoms with Gasteiger partial charge in [0.15, 0.2) is 0 Å². The molecule has 88 valence electrons. The molecule has 0 unspecified atom stereocenters. The molecule has 0 bridgehead atoms. The molecule has 2 aromatic rings. The van der Waals surface area contributed by atoms with E-state index in [0.717, 1.165) is 9.92 Å². The van der Waals surface area contributed by atoms with E-state index in [9.17, 15) is 4.79 Å². The predicted octanol–water partition coefficient (Wildman–Crippen LogP) is 2.80. The highest BCUT2D eigenvalue weighted by molar-refractivity contribution is 7.99. The van der Waals surface area contributed by atoms with Crippen LogP contribution in [0.2, 0.25) is 0 Å². The molecular formula is C13H8N2O2S. The second kappa shape index (κ2) is 5.34. The highest BCUT2D eigenvalue weighted by atomic mass is 32.2. The van der Waals surface area contributed by atoms with Crippen LogP contribution in [0.15, 0.2) is 52.5 Å². The van der Waals surface area contributed by atoms with Gasteiger partial charge in [-0.25, -0.2) is 9.78 Å². The Hall–Kier alpha value is -2.32. The molecule has 0 amide bonds. The Kier molecular flexibility index (Phi) is 3.60. The number of carbonyl (C=O) groups is 1. The number of carboxylic acids is 1. The van der Waals surface area contributed by atoms with E-state index in [1.807, 2.05) is 12.1 Å². The van der Waals surface area contributed by atoms with Gasteiger partial charge in [0.2, 0.25) is 0 Å². The van der Waals surface area contributed by atoms with E-state index < -0.39 is 5.97 Å². The molecule has 0 aliphatic carbocycles. The van der Waals surface area contributed by atoms with Crippen LogP contribution in [0.25, 0.3) is 0 Å². The minimum Gasteiger partial charge on any atom is -0.478 e. The average Bonchev–Trinajstić information content (AvgIpc) is 2.40. The average molecular weight is 256 g/mol. The Balaban J connectivity index is 2.20. The topological polar surface area (TPSA) is 74.0 Å². The zero-order valence-corrected chi connectivity index (χ0v) is 10.0. The lowest BCUT2D eigenvalue weighted by atomic mass is 10.2. The van der Waals surface area contributed by atoms with Crippen molar-refractivity contribution in [3.8, 4) is 6.07 Å². The molecule has 0 aliphatic heterocycles. The van der Waals surface area contributed by atoms with Gasteiger partial charge in [0.05, 0.1) is 11.1 Å². The maximum atomic E-state index is 10.8. The first-order valence-corrected chi connectivity index (χ1v) is 5.88. The van der Waals surface area contributed by atoms with Gasteiger partial charge in [0, 0.05) is 11.1 Å². The van der Waals surface area contributed by atoms with Gasteiger partial charge in [0.25, 0.3) is 0 Å². The molecule has 1 aromatic carbocycles. The number of benzene rings is 1. The quantitative estimate of drug-likeness (QED) is 0.914. The lowest BCUT2D eigenvalue weighted by Crippen LogP contribution is -1.95. The lowest BCUT2D eigenvalue weighted by molar-refractivity contribution is 0.0696. The number of rotatable bonds is 3. The van der Waals surface area contributed by atoms with E-state index in [0.29, 0.717) is 5.56 Å². The Labute approximate surface area is 108 Å². The number of hydrogen-bond donors (Lipinski definition) is 1. The van der Waals surface area contributed by atoms with Crippen LogP contribution in [0.4, 0.5) is 0 Å². The molecule has 0 spiro atoms. The monoisotopic (exact) mass is 256 g/mol. The predicted molar refractivity (Wildman–Crippen MR) is 66.5 cm³/mol. The van der Waals surface area contributed by atoms with Crippen LogP contribution >= 0.6 is 11.8 Å². The number of aromatic nitrogens is 1. The Morgan fingerprint density at radius 2 is 2.17 bits per heavy atom. The van der Waals surface area contributed by atoms with Crippen LogP contribution in [0, 0.1) is 11.3 Å². The Morgan fingerprint density at radius 1 is 1.33 bits per heavy atom. The number of aromatic carboxylic acids is 1. The van der Waals surface area contributed by atoms with Crippen molar-refractivity contribution in [3.63, 3.8) is 0 Å². The third-order valence-electron chi connectivity index (χ3n) is 2.17. The summed E-state index contributed by atoms with van der Waals surface area (Å²) in [6.07, 6.45) is 1.49. The summed E-state index contributed by atoms with van der Waals surface area (Å²) in [7, 11) is 0. The minimum atomic E-state index is -0.953. The fraction of sp³-hybridized carbons (Fsp3) is 0. The summed E-state index contributed by atoms with van der Waals surface area (Å²) in [5.74, 6) is -0.953. The molecule has 0 atom stereocenters. The molecular weight excluding hydrogens is 248 g/mol. The normalized spacial score (nSPS) is 9.72. The van der Waals surface area contributed by atoms with Crippen LogP contribution in [0.1, 0.15) is 15.9 Å². The maximum Gasteiger partial charge on any atom is 0.335 e. The second-order valence-corrected chi connectivity index (χ2v) is 4.53. The van der Waals surface area contributed by atoms with E-state index >= 15 is 0 Å². The fourth-order valence-corrected chi connectivity index (χ4v) is 2.14. The standard InChI is InChI=1S/C13H8N2O2S/c14-7-9-4-5-12(15-8-9)18-11-3-1-2-10(6-11)13(16)17/h1-6,8H,(H,16,17). The number of hydrogen-bond acceptors (Lipinski definition) is 4. The van der Waals surface area contributed by atoms with E-state index in [-0.39, 0.29) is 5.56 Å². The first-order chi connectivity index (χ1) is 8.69. The van der Waals surface area contributed by atoms with Gasteiger partial charge in [-0.3, -0.25) is 0 Å². The first-order valence-electron chi connectivity index (χ1n) is 5.06. The first kappa shape index (κ1) is 12.1. The highest BCUT2D eigenvalue weighted by Crippen LogP contribution is 2.26. The summed E-state index contributed by atoms with van der Waals surface area (Å²) < 4.78 is 0. The van der Waals surface area contributed by atoms with E-state index in [1.165, 1.54) is 18.0 Å². The van der Waals surface area contributed by atoms with Gasteiger partial charge < -0.3 is 5.11 Å². The molecule has 1 heterocycles. The van der Waals surface area contributed by atoms with Gasteiger partial charge in [-0.2, -0.15) is 5.26 Å². The summed E-state index contributed by atoms with van der Waals surface area (Å²) in [5, 5.41) is 18.3. The van der Waals surface area contributed by atoms with Crippen LogP contribution in [0.5, 0.6) is 0 Å². The molecule has 1 aromatic heterocycles. The maximum absolute atomic E-state index is 10.8. The van der Waals surface area contributed by atoms with Crippen molar-refractivity contribution in [2.75, 3.05) is 0 Å². The van der Waals surface area contributed by atoms with Crippen molar-refractivity contribution >= 4 is 17.7 Å². The second-order valence-electron chi connectivity index (χ2n) is 3.43. The highest BCUT2D eigenvalue weighted by Gasteiger charge is 2.05. The van der Waals surface area contributed by atoms with Crippen LogP contribution in [0.3, 0.4) is 0 Å². The van der Waals surface area contributed by atoms with Crippen molar-refractivity contribution in [2.24, 2.45) is 0 Å². The number of nitriles is 1. The largest absolute Gasteiger partial charge is 0.478 e. The van der Waals surface area contributed by atoms with Gasteiger partial charge in [0.1, 0.15) is 11.1 Å². The van der Waals surface area contributed by atoms with Gasteiger partial charge >= 0.3 is 5.97 Å². The SMILES string of the molecule is N#Cc1ccc(Sc2cccc(C(=O)O)c2)nc1. The molecule has 18 heavy (non-hydrogen) atoms. The molecule has 0 radical (unpaired) electrons. The molecule has 0 aliphatic rings.